The van der Waals surface area contributed by atoms with E-state index >= 15 is 0 Å². The molecule has 2 aliphatic heterocycles. The van der Waals surface area contributed by atoms with Gasteiger partial charge in [-0.3, -0.25) is 0 Å². The first-order valence-corrected chi connectivity index (χ1v) is 12.1. The van der Waals surface area contributed by atoms with Crippen molar-refractivity contribution >= 4 is 43.2 Å². The van der Waals surface area contributed by atoms with E-state index in [1.165, 1.54) is 63.2 Å². The Hall–Kier alpha value is -1.00. The third-order valence-electron chi connectivity index (χ3n) is 5.70. The van der Waals surface area contributed by atoms with Crippen LogP contribution in [0.25, 0.3) is 0 Å². The number of rotatable bonds is 2. The molecule has 28 heavy (non-hydrogen) atoms. The summed E-state index contributed by atoms with van der Waals surface area (Å²) in [5, 5.41) is 0. The average Bonchev–Trinajstić information content (AvgIpc) is 2.70. The van der Waals surface area contributed by atoms with Crippen molar-refractivity contribution in [2.45, 2.75) is 39.5 Å². The van der Waals surface area contributed by atoms with Gasteiger partial charge in [0.15, 0.2) is 0 Å². The Kier molecular flexibility index (Phi) is 8.28. The minimum atomic E-state index is 0.840. The van der Waals surface area contributed by atoms with Gasteiger partial charge >= 0.3 is 0 Å². The average molecular weight is 508 g/mol. The predicted molar refractivity (Wildman–Crippen MR) is 130 cm³/mol. The lowest BCUT2D eigenvalue weighted by molar-refractivity contribution is 0.447. The maximum Gasteiger partial charge on any atom is 0.0367 e. The van der Waals surface area contributed by atoms with Gasteiger partial charge in [0.05, 0.1) is 0 Å². The molecule has 0 bridgehead atoms. The highest BCUT2D eigenvalue weighted by atomic mass is 79.9. The second-order valence-corrected chi connectivity index (χ2v) is 10.2. The molecule has 2 aromatic carbocycles. The van der Waals surface area contributed by atoms with Crippen LogP contribution in [0.15, 0.2) is 57.5 Å². The normalized spacial score (nSPS) is 22.4. The summed E-state index contributed by atoms with van der Waals surface area (Å²) in [6.07, 6.45) is 5.43. The van der Waals surface area contributed by atoms with E-state index in [0.29, 0.717) is 0 Å². The third-order valence-corrected chi connectivity index (χ3v) is 6.75. The Morgan fingerprint density at radius 3 is 1.32 bits per heavy atom. The smallest absolute Gasteiger partial charge is 0.0367 e. The molecule has 4 heteroatoms. The van der Waals surface area contributed by atoms with Crippen LogP contribution in [0.2, 0.25) is 0 Å². The summed E-state index contributed by atoms with van der Waals surface area (Å²) in [5.74, 6) is 1.68. The molecule has 0 saturated carbocycles. The molecule has 152 valence electrons. The van der Waals surface area contributed by atoms with Gasteiger partial charge in [0.2, 0.25) is 0 Å². The van der Waals surface area contributed by atoms with Crippen molar-refractivity contribution < 1.29 is 0 Å². The molecule has 0 N–H and O–H groups in total. The molecule has 0 radical (unpaired) electrons. The first kappa shape index (κ1) is 21.7. The van der Waals surface area contributed by atoms with Gasteiger partial charge < -0.3 is 9.80 Å². The van der Waals surface area contributed by atoms with E-state index in [1.807, 2.05) is 0 Å². The second kappa shape index (κ2) is 10.7. The van der Waals surface area contributed by atoms with Crippen LogP contribution >= 0.6 is 31.9 Å². The summed E-state index contributed by atoms with van der Waals surface area (Å²) in [7, 11) is 0. The van der Waals surface area contributed by atoms with Crippen LogP contribution in [0.4, 0.5) is 11.4 Å². The fraction of sp³-hybridized carbons (Fsp3) is 0.500. The van der Waals surface area contributed by atoms with Crippen LogP contribution in [0, 0.1) is 11.8 Å². The van der Waals surface area contributed by atoms with Crippen LogP contribution in [-0.4, -0.2) is 26.2 Å². The van der Waals surface area contributed by atoms with Gasteiger partial charge in [-0.2, -0.15) is 0 Å². The highest BCUT2D eigenvalue weighted by Crippen LogP contribution is 2.25. The maximum atomic E-state index is 3.46. The Labute approximate surface area is 187 Å². The molecule has 2 aromatic rings. The number of halogens is 2. The first-order chi connectivity index (χ1) is 13.5. The lowest BCUT2D eigenvalue weighted by Crippen LogP contribution is -2.34. The fourth-order valence-corrected chi connectivity index (χ4v) is 4.68. The Morgan fingerprint density at radius 1 is 0.643 bits per heavy atom. The lowest BCUT2D eigenvalue weighted by Gasteiger charge is -2.32. The summed E-state index contributed by atoms with van der Waals surface area (Å²) in [4.78, 5) is 4.97. The van der Waals surface area contributed by atoms with Crippen molar-refractivity contribution in [1.29, 1.82) is 0 Å². The van der Waals surface area contributed by atoms with Gasteiger partial charge in [0.1, 0.15) is 0 Å². The maximum absolute atomic E-state index is 3.46. The van der Waals surface area contributed by atoms with Crippen molar-refractivity contribution in [1.82, 2.24) is 0 Å². The highest BCUT2D eigenvalue weighted by Gasteiger charge is 2.17. The van der Waals surface area contributed by atoms with Gasteiger partial charge in [0, 0.05) is 46.5 Å². The zero-order valence-corrected chi connectivity index (χ0v) is 20.3. The largest absolute Gasteiger partial charge is 0.371 e. The zero-order valence-electron chi connectivity index (χ0n) is 17.1. The van der Waals surface area contributed by atoms with E-state index in [2.05, 4.69) is 104 Å². The summed E-state index contributed by atoms with van der Waals surface area (Å²) in [5.41, 5.74) is 2.72. The number of nitrogens with zero attached hydrogens (tertiary/aromatic N) is 2. The van der Waals surface area contributed by atoms with E-state index in [1.54, 1.807) is 0 Å². The van der Waals surface area contributed by atoms with E-state index in [4.69, 9.17) is 0 Å². The van der Waals surface area contributed by atoms with Crippen molar-refractivity contribution in [2.24, 2.45) is 11.8 Å². The Morgan fingerprint density at radius 2 is 1.00 bits per heavy atom. The van der Waals surface area contributed by atoms with Crippen molar-refractivity contribution in [3.05, 3.63) is 57.5 Å². The molecule has 2 aliphatic rings. The molecular formula is C24H32Br2N2. The molecule has 2 fully saturated rings. The van der Waals surface area contributed by atoms with Crippen LogP contribution in [0.3, 0.4) is 0 Å². The number of benzene rings is 2. The van der Waals surface area contributed by atoms with Gasteiger partial charge in [-0.25, -0.2) is 0 Å². The van der Waals surface area contributed by atoms with Crippen LogP contribution in [-0.2, 0) is 0 Å². The van der Waals surface area contributed by atoms with Crippen molar-refractivity contribution in [3.63, 3.8) is 0 Å². The van der Waals surface area contributed by atoms with Crippen LogP contribution in [0.1, 0.15) is 39.5 Å². The van der Waals surface area contributed by atoms with Gasteiger partial charge in [-0.05, 0) is 86.1 Å². The lowest BCUT2D eigenvalue weighted by atomic mass is 10.00. The molecule has 0 amide bonds. The molecule has 4 rings (SSSR count). The second-order valence-electron chi connectivity index (χ2n) is 8.34. The Bertz CT molecular complexity index is 651. The number of anilines is 2. The zero-order chi connectivity index (χ0) is 19.9. The number of hydrogen-bond acceptors (Lipinski definition) is 2. The molecule has 2 saturated heterocycles. The molecule has 0 aromatic heterocycles. The molecular weight excluding hydrogens is 476 g/mol. The topological polar surface area (TPSA) is 6.48 Å². The number of hydrogen-bond donors (Lipinski definition) is 0. The predicted octanol–water partition coefficient (Wildman–Crippen LogP) is 7.37. The summed E-state index contributed by atoms with van der Waals surface area (Å²) >= 11 is 6.93. The number of piperidine rings is 2. The van der Waals surface area contributed by atoms with Gasteiger partial charge in [-0.15, -0.1) is 0 Å². The van der Waals surface area contributed by atoms with Crippen LogP contribution in [0.5, 0.6) is 0 Å². The summed E-state index contributed by atoms with van der Waals surface area (Å²) in [6.45, 7) is 9.53. The summed E-state index contributed by atoms with van der Waals surface area (Å²) in [6, 6.07) is 17.3. The van der Waals surface area contributed by atoms with E-state index < -0.39 is 0 Å². The third kappa shape index (κ3) is 6.52. The standard InChI is InChI=1S/2C12H16BrN/c2*1-10-3-2-8-14(9-10)12-6-4-11(13)5-7-12/h2*4-7,10H,2-3,8-9H2,1H3. The molecule has 0 spiro atoms. The quantitative estimate of drug-likeness (QED) is 0.418. The van der Waals surface area contributed by atoms with Crippen LogP contribution < -0.4 is 9.80 Å². The monoisotopic (exact) mass is 506 g/mol. The van der Waals surface area contributed by atoms with Gasteiger partial charge in [-0.1, -0.05) is 45.7 Å². The molecule has 2 heterocycles. The van der Waals surface area contributed by atoms with Crippen molar-refractivity contribution in [3.8, 4) is 0 Å². The van der Waals surface area contributed by atoms with E-state index in [0.717, 1.165) is 20.8 Å². The minimum Gasteiger partial charge on any atom is -0.371 e. The minimum absolute atomic E-state index is 0.840. The van der Waals surface area contributed by atoms with Gasteiger partial charge in [0.25, 0.3) is 0 Å². The van der Waals surface area contributed by atoms with E-state index in [-0.39, 0.29) is 0 Å². The summed E-state index contributed by atoms with van der Waals surface area (Å²) < 4.78 is 2.32. The SMILES string of the molecule is CC1CCCN(c2ccc(Br)cc2)C1.CC1CCCN(c2ccc(Br)cc2)C1. The molecule has 2 atom stereocenters. The molecule has 2 nitrogen and oxygen atoms in total. The fourth-order valence-electron chi connectivity index (χ4n) is 4.15. The Balaban J connectivity index is 0.000000161. The highest BCUT2D eigenvalue weighted by molar-refractivity contribution is 9.10. The molecule has 2 unspecified atom stereocenters. The van der Waals surface area contributed by atoms with E-state index in [9.17, 15) is 0 Å². The first-order valence-electron chi connectivity index (χ1n) is 10.5. The van der Waals surface area contributed by atoms with Crippen molar-refractivity contribution in [2.75, 3.05) is 36.0 Å². The molecule has 0 aliphatic carbocycles.